The first kappa shape index (κ1) is 12.9. The van der Waals surface area contributed by atoms with Crippen LogP contribution in [0.1, 0.15) is 25.8 Å². The van der Waals surface area contributed by atoms with E-state index in [9.17, 15) is 5.11 Å². The van der Waals surface area contributed by atoms with Gasteiger partial charge in [0.2, 0.25) is 0 Å². The Labute approximate surface area is 112 Å². The number of hydrogen-bond acceptors (Lipinski definition) is 2. The highest BCUT2D eigenvalue weighted by Crippen LogP contribution is 2.39. The van der Waals surface area contributed by atoms with E-state index in [2.05, 4.69) is 59.8 Å². The second-order valence-electron chi connectivity index (χ2n) is 5.41. The molecule has 0 aromatic heterocycles. The third kappa shape index (κ3) is 2.23. The quantitative estimate of drug-likeness (QED) is 0.905. The zero-order valence-corrected chi connectivity index (χ0v) is 12.3. The summed E-state index contributed by atoms with van der Waals surface area (Å²) in [6.45, 7) is 7.83. The average molecular weight is 298 g/mol. The van der Waals surface area contributed by atoms with Gasteiger partial charge in [0.05, 0.1) is 0 Å². The molecule has 1 atom stereocenters. The Bertz CT molecular complexity index is 417. The van der Waals surface area contributed by atoms with Gasteiger partial charge in [0.1, 0.15) is 0 Å². The van der Waals surface area contributed by atoms with Gasteiger partial charge in [0, 0.05) is 34.8 Å². The molecule has 0 spiro atoms. The van der Waals surface area contributed by atoms with Crippen LogP contribution in [0.25, 0.3) is 0 Å². The third-order valence-electron chi connectivity index (χ3n) is 4.08. The van der Waals surface area contributed by atoms with Crippen molar-refractivity contribution in [3.05, 3.63) is 28.2 Å². The number of aliphatic hydroxyl groups excluding tert-OH is 1. The fourth-order valence-corrected chi connectivity index (χ4v) is 3.04. The van der Waals surface area contributed by atoms with Crippen molar-refractivity contribution in [1.82, 2.24) is 0 Å². The molecule has 1 aromatic carbocycles. The normalized spacial score (nSPS) is 23.1. The molecule has 1 saturated heterocycles. The third-order valence-corrected chi connectivity index (χ3v) is 4.94. The van der Waals surface area contributed by atoms with Gasteiger partial charge in [-0.1, -0.05) is 22.0 Å². The monoisotopic (exact) mass is 297 g/mol. The lowest BCUT2D eigenvalue weighted by Gasteiger charge is -2.37. The van der Waals surface area contributed by atoms with Crippen LogP contribution in [0.4, 0.5) is 5.69 Å². The summed E-state index contributed by atoms with van der Waals surface area (Å²) in [5.74, 6) is 0.363. The average Bonchev–Trinajstić information content (AvgIpc) is 2.57. The van der Waals surface area contributed by atoms with Crippen LogP contribution in [-0.2, 0) is 0 Å². The van der Waals surface area contributed by atoms with Crippen molar-refractivity contribution in [2.75, 3.05) is 18.1 Å². The Hall–Kier alpha value is -0.540. The van der Waals surface area contributed by atoms with Gasteiger partial charge < -0.3 is 10.0 Å². The molecule has 0 amide bonds. The molecule has 1 aliphatic rings. The lowest BCUT2D eigenvalue weighted by Crippen LogP contribution is -2.43. The van der Waals surface area contributed by atoms with Crippen LogP contribution in [-0.4, -0.2) is 23.8 Å². The molecule has 1 N–H and O–H groups in total. The maximum atomic E-state index is 9.43. The highest BCUT2D eigenvalue weighted by atomic mass is 79.9. The van der Waals surface area contributed by atoms with Gasteiger partial charge in [-0.2, -0.15) is 0 Å². The number of aryl methyl sites for hydroxylation is 1. The summed E-state index contributed by atoms with van der Waals surface area (Å²) in [5.41, 5.74) is 2.52. The molecule has 94 valence electrons. The van der Waals surface area contributed by atoms with Crippen LogP contribution < -0.4 is 4.90 Å². The topological polar surface area (TPSA) is 23.5 Å². The Morgan fingerprint density at radius 1 is 1.47 bits per heavy atom. The number of aliphatic hydroxyl groups is 1. The molecule has 3 heteroatoms. The number of nitrogens with zero attached hydrogens (tertiary/aromatic N) is 1. The summed E-state index contributed by atoms with van der Waals surface area (Å²) in [6.07, 6.45) is 1.06. The number of anilines is 1. The molecule has 2 nitrogen and oxygen atoms in total. The standard InChI is InChI=1S/C14H20BrNO/c1-10-4-5-12(8-13(10)15)16-7-6-11(9-17)14(16,2)3/h4-5,8,11,17H,6-7,9H2,1-3H3. The van der Waals surface area contributed by atoms with Gasteiger partial charge in [-0.05, 0) is 44.9 Å². The molecular weight excluding hydrogens is 278 g/mol. The Kier molecular flexibility index (Phi) is 3.50. The van der Waals surface area contributed by atoms with Crippen LogP contribution in [0, 0.1) is 12.8 Å². The molecule has 1 aromatic rings. The van der Waals surface area contributed by atoms with Gasteiger partial charge >= 0.3 is 0 Å². The van der Waals surface area contributed by atoms with Gasteiger partial charge in [0.15, 0.2) is 0 Å². The predicted molar refractivity (Wildman–Crippen MR) is 75.5 cm³/mol. The molecule has 2 rings (SSSR count). The molecule has 0 aliphatic carbocycles. The molecule has 17 heavy (non-hydrogen) atoms. The Morgan fingerprint density at radius 2 is 2.18 bits per heavy atom. The van der Waals surface area contributed by atoms with Gasteiger partial charge in [-0.25, -0.2) is 0 Å². The van der Waals surface area contributed by atoms with Crippen molar-refractivity contribution in [3.8, 4) is 0 Å². The van der Waals surface area contributed by atoms with Crippen molar-refractivity contribution in [2.24, 2.45) is 5.92 Å². The van der Waals surface area contributed by atoms with E-state index < -0.39 is 0 Å². The van der Waals surface area contributed by atoms with E-state index in [1.807, 2.05) is 0 Å². The van der Waals surface area contributed by atoms with Gasteiger partial charge in [-0.15, -0.1) is 0 Å². The largest absolute Gasteiger partial charge is 0.396 e. The fraction of sp³-hybridized carbons (Fsp3) is 0.571. The SMILES string of the molecule is Cc1ccc(N2CCC(CO)C2(C)C)cc1Br. The zero-order valence-electron chi connectivity index (χ0n) is 10.7. The van der Waals surface area contributed by atoms with Crippen LogP contribution >= 0.6 is 15.9 Å². The molecule has 1 heterocycles. The van der Waals surface area contributed by atoms with Crippen LogP contribution in [0.2, 0.25) is 0 Å². The van der Waals surface area contributed by atoms with E-state index >= 15 is 0 Å². The van der Waals surface area contributed by atoms with Crippen molar-refractivity contribution in [2.45, 2.75) is 32.7 Å². The lowest BCUT2D eigenvalue weighted by atomic mass is 9.89. The first-order valence-electron chi connectivity index (χ1n) is 6.11. The second kappa shape index (κ2) is 4.62. The van der Waals surface area contributed by atoms with Crippen molar-refractivity contribution in [1.29, 1.82) is 0 Å². The van der Waals surface area contributed by atoms with Crippen molar-refractivity contribution >= 4 is 21.6 Å². The van der Waals surface area contributed by atoms with Crippen molar-refractivity contribution < 1.29 is 5.11 Å². The summed E-state index contributed by atoms with van der Waals surface area (Å²) < 4.78 is 1.15. The highest BCUT2D eigenvalue weighted by molar-refractivity contribution is 9.10. The summed E-state index contributed by atoms with van der Waals surface area (Å²) in [6, 6.07) is 6.49. The summed E-state index contributed by atoms with van der Waals surface area (Å²) in [7, 11) is 0. The molecule has 0 radical (unpaired) electrons. The molecular formula is C14H20BrNO. The number of halogens is 1. The van der Waals surface area contributed by atoms with E-state index in [1.54, 1.807) is 0 Å². The smallest absolute Gasteiger partial charge is 0.0482 e. The fourth-order valence-electron chi connectivity index (χ4n) is 2.67. The Morgan fingerprint density at radius 3 is 2.71 bits per heavy atom. The molecule has 1 unspecified atom stereocenters. The summed E-state index contributed by atoms with van der Waals surface area (Å²) >= 11 is 3.59. The van der Waals surface area contributed by atoms with Gasteiger partial charge in [-0.3, -0.25) is 0 Å². The maximum absolute atomic E-state index is 9.43. The lowest BCUT2D eigenvalue weighted by molar-refractivity contribution is 0.189. The minimum Gasteiger partial charge on any atom is -0.396 e. The molecule has 1 aliphatic heterocycles. The van der Waals surface area contributed by atoms with Crippen LogP contribution in [0.3, 0.4) is 0 Å². The minimum atomic E-state index is 0.0312. The predicted octanol–water partition coefficient (Wildman–Crippen LogP) is 3.35. The van der Waals surface area contributed by atoms with E-state index in [0.717, 1.165) is 17.4 Å². The van der Waals surface area contributed by atoms with Crippen molar-refractivity contribution in [3.63, 3.8) is 0 Å². The van der Waals surface area contributed by atoms with E-state index in [4.69, 9.17) is 0 Å². The number of rotatable bonds is 2. The minimum absolute atomic E-state index is 0.0312. The summed E-state index contributed by atoms with van der Waals surface area (Å²) in [4.78, 5) is 2.40. The molecule has 0 bridgehead atoms. The maximum Gasteiger partial charge on any atom is 0.0482 e. The van der Waals surface area contributed by atoms with Crippen LogP contribution in [0.15, 0.2) is 22.7 Å². The zero-order chi connectivity index (χ0) is 12.6. The molecule has 0 saturated carbocycles. The highest BCUT2D eigenvalue weighted by Gasteiger charge is 2.40. The van der Waals surface area contributed by atoms with E-state index in [-0.39, 0.29) is 12.1 Å². The second-order valence-corrected chi connectivity index (χ2v) is 6.26. The number of benzene rings is 1. The number of hydrogen-bond donors (Lipinski definition) is 1. The molecule has 1 fully saturated rings. The van der Waals surface area contributed by atoms with Crippen LogP contribution in [0.5, 0.6) is 0 Å². The summed E-state index contributed by atoms with van der Waals surface area (Å²) in [5, 5.41) is 9.43. The van der Waals surface area contributed by atoms with E-state index in [1.165, 1.54) is 11.3 Å². The first-order chi connectivity index (χ1) is 7.96. The first-order valence-corrected chi connectivity index (χ1v) is 6.90. The Balaban J connectivity index is 2.32. The van der Waals surface area contributed by atoms with E-state index in [0.29, 0.717) is 5.92 Å². The van der Waals surface area contributed by atoms with Gasteiger partial charge in [0.25, 0.3) is 0 Å².